The van der Waals surface area contributed by atoms with Crippen molar-refractivity contribution in [2.75, 3.05) is 19.7 Å². The highest BCUT2D eigenvalue weighted by atomic mass is 32.2. The molecule has 2 heterocycles. The number of imide groups is 1. The summed E-state index contributed by atoms with van der Waals surface area (Å²) in [5, 5.41) is 0. The molecule has 1 aromatic carbocycles. The molecule has 2 atom stereocenters. The molecule has 2 aliphatic rings. The van der Waals surface area contributed by atoms with Gasteiger partial charge < -0.3 is 4.74 Å². The highest BCUT2D eigenvalue weighted by molar-refractivity contribution is 7.89. The molecule has 7 nitrogen and oxygen atoms in total. The molecular weight excluding hydrogens is 380 g/mol. The van der Waals surface area contributed by atoms with Gasteiger partial charge in [-0.1, -0.05) is 45.0 Å². The summed E-state index contributed by atoms with van der Waals surface area (Å²) in [4.78, 5) is 26.2. The fourth-order valence-electron chi connectivity index (χ4n) is 3.87. The third kappa shape index (κ3) is 3.46. The van der Waals surface area contributed by atoms with E-state index >= 15 is 0 Å². The van der Waals surface area contributed by atoms with Crippen molar-refractivity contribution in [3.8, 4) is 0 Å². The maximum atomic E-state index is 13.4. The number of carbonyl (C=O) groups is 2. The van der Waals surface area contributed by atoms with Crippen molar-refractivity contribution < 1.29 is 22.7 Å². The Hall–Kier alpha value is -2.19. The Morgan fingerprint density at radius 1 is 1.21 bits per heavy atom. The van der Waals surface area contributed by atoms with E-state index in [0.717, 1.165) is 10.5 Å². The molecular formula is C20H26N2O5S. The normalized spacial score (nSPS) is 23.9. The van der Waals surface area contributed by atoms with Crippen LogP contribution in [-0.2, 0) is 19.6 Å². The highest BCUT2D eigenvalue weighted by Crippen LogP contribution is 2.43. The first-order valence-electron chi connectivity index (χ1n) is 9.19. The molecule has 152 valence electrons. The standard InChI is InChI=1S/C20H26N2O5S/c1-13-6-8-15(9-7-13)28(25,26)22-12-14(2)16(17(22)20(3,4)5)18(23)21-10-11-27-19(21)24/h6-9,16-17H,2,10-12H2,1,3-5H3/t16-,17-/m0/s1. The number of benzene rings is 1. The molecule has 0 bridgehead atoms. The van der Waals surface area contributed by atoms with Crippen molar-refractivity contribution in [3.05, 3.63) is 42.0 Å². The molecule has 0 N–H and O–H groups in total. The van der Waals surface area contributed by atoms with Crippen molar-refractivity contribution in [3.63, 3.8) is 0 Å². The zero-order valence-corrected chi connectivity index (χ0v) is 17.5. The number of hydrogen-bond donors (Lipinski definition) is 0. The van der Waals surface area contributed by atoms with Gasteiger partial charge in [0.05, 0.1) is 17.4 Å². The van der Waals surface area contributed by atoms with E-state index in [-0.39, 0.29) is 24.6 Å². The van der Waals surface area contributed by atoms with Crippen molar-refractivity contribution in [2.45, 2.75) is 38.6 Å². The van der Waals surface area contributed by atoms with Gasteiger partial charge in [0, 0.05) is 12.6 Å². The van der Waals surface area contributed by atoms with E-state index in [2.05, 4.69) is 6.58 Å². The lowest BCUT2D eigenvalue weighted by atomic mass is 9.78. The van der Waals surface area contributed by atoms with Crippen molar-refractivity contribution in [1.29, 1.82) is 0 Å². The van der Waals surface area contributed by atoms with E-state index in [1.165, 1.54) is 4.31 Å². The number of cyclic esters (lactones) is 1. The van der Waals surface area contributed by atoms with Gasteiger partial charge in [-0.2, -0.15) is 4.31 Å². The van der Waals surface area contributed by atoms with Crippen molar-refractivity contribution in [2.24, 2.45) is 11.3 Å². The number of amides is 2. The number of aryl methyl sites for hydroxylation is 1. The number of ether oxygens (including phenoxy) is 1. The second-order valence-corrected chi connectivity index (χ2v) is 10.3. The molecule has 8 heteroatoms. The summed E-state index contributed by atoms with van der Waals surface area (Å²) in [5.74, 6) is -1.25. The van der Waals surface area contributed by atoms with Gasteiger partial charge in [-0.25, -0.2) is 18.1 Å². The Kier molecular flexibility index (Phi) is 5.14. The Labute approximate surface area is 166 Å². The van der Waals surface area contributed by atoms with Gasteiger partial charge in [-0.15, -0.1) is 0 Å². The van der Waals surface area contributed by atoms with E-state index in [1.54, 1.807) is 24.3 Å². The van der Waals surface area contributed by atoms with Crippen LogP contribution < -0.4 is 0 Å². The predicted octanol–water partition coefficient (Wildman–Crippen LogP) is 2.57. The Balaban J connectivity index is 2.03. The average Bonchev–Trinajstić information content (AvgIpc) is 3.18. The summed E-state index contributed by atoms with van der Waals surface area (Å²) in [7, 11) is -3.84. The monoisotopic (exact) mass is 406 g/mol. The lowest BCUT2D eigenvalue weighted by Gasteiger charge is -2.37. The van der Waals surface area contributed by atoms with Gasteiger partial charge in [-0.3, -0.25) is 4.79 Å². The Morgan fingerprint density at radius 3 is 2.32 bits per heavy atom. The zero-order chi connectivity index (χ0) is 20.9. The zero-order valence-electron chi connectivity index (χ0n) is 16.6. The first-order valence-corrected chi connectivity index (χ1v) is 10.6. The first kappa shape index (κ1) is 20.5. The average molecular weight is 407 g/mol. The van der Waals surface area contributed by atoms with Crippen LogP contribution in [0.2, 0.25) is 0 Å². The lowest BCUT2D eigenvalue weighted by Crippen LogP contribution is -2.50. The van der Waals surface area contributed by atoms with E-state index in [9.17, 15) is 18.0 Å². The molecule has 2 aliphatic heterocycles. The van der Waals surface area contributed by atoms with Crippen LogP contribution in [0.4, 0.5) is 4.79 Å². The van der Waals surface area contributed by atoms with Gasteiger partial charge in [0.15, 0.2) is 0 Å². The van der Waals surface area contributed by atoms with Crippen molar-refractivity contribution in [1.82, 2.24) is 9.21 Å². The topological polar surface area (TPSA) is 84.0 Å². The summed E-state index contributed by atoms with van der Waals surface area (Å²) < 4.78 is 33.0. The fourth-order valence-corrected chi connectivity index (χ4v) is 5.69. The van der Waals surface area contributed by atoms with Gasteiger partial charge in [0.2, 0.25) is 15.9 Å². The fraction of sp³-hybridized carbons (Fsp3) is 0.500. The largest absolute Gasteiger partial charge is 0.447 e. The second-order valence-electron chi connectivity index (χ2n) is 8.41. The molecule has 2 saturated heterocycles. The van der Waals surface area contributed by atoms with Gasteiger partial charge in [0.1, 0.15) is 6.61 Å². The number of sulfonamides is 1. The minimum Gasteiger partial charge on any atom is -0.447 e. The van der Waals surface area contributed by atoms with E-state index in [0.29, 0.717) is 5.57 Å². The molecule has 0 radical (unpaired) electrons. The summed E-state index contributed by atoms with van der Waals surface area (Å²) in [6.07, 6.45) is -0.690. The van der Waals surface area contributed by atoms with Crippen LogP contribution in [0.15, 0.2) is 41.3 Å². The highest BCUT2D eigenvalue weighted by Gasteiger charge is 2.53. The molecule has 28 heavy (non-hydrogen) atoms. The van der Waals surface area contributed by atoms with E-state index in [1.807, 2.05) is 27.7 Å². The number of nitrogens with zero attached hydrogens (tertiary/aromatic N) is 2. The van der Waals surface area contributed by atoms with Crippen LogP contribution in [0, 0.1) is 18.3 Å². The van der Waals surface area contributed by atoms with E-state index < -0.39 is 39.4 Å². The third-order valence-electron chi connectivity index (χ3n) is 5.23. The summed E-state index contributed by atoms with van der Waals surface area (Å²) in [6.45, 7) is 11.9. The minimum atomic E-state index is -3.84. The van der Waals surface area contributed by atoms with Crippen LogP contribution in [0.5, 0.6) is 0 Å². The summed E-state index contributed by atoms with van der Waals surface area (Å²) in [5.41, 5.74) is 0.888. The maximum Gasteiger partial charge on any atom is 0.416 e. The molecule has 3 rings (SSSR count). The maximum absolute atomic E-state index is 13.4. The molecule has 1 aromatic rings. The Bertz CT molecular complexity index is 915. The SMILES string of the molecule is C=C1CN(S(=O)(=O)c2ccc(C)cc2)[C@H](C(C)(C)C)[C@H]1C(=O)N1CCOC1=O. The molecule has 0 unspecified atom stereocenters. The van der Waals surface area contributed by atoms with Crippen molar-refractivity contribution >= 4 is 22.0 Å². The summed E-state index contributed by atoms with van der Waals surface area (Å²) >= 11 is 0. The van der Waals surface area contributed by atoms with Crippen LogP contribution in [-0.4, -0.2) is 55.4 Å². The van der Waals surface area contributed by atoms with Crippen LogP contribution in [0.25, 0.3) is 0 Å². The van der Waals surface area contributed by atoms with Gasteiger partial charge in [-0.05, 0) is 30.0 Å². The Morgan fingerprint density at radius 2 is 1.82 bits per heavy atom. The van der Waals surface area contributed by atoms with Crippen LogP contribution >= 0.6 is 0 Å². The smallest absolute Gasteiger partial charge is 0.416 e. The van der Waals surface area contributed by atoms with Gasteiger partial charge in [0.25, 0.3) is 0 Å². The first-order chi connectivity index (χ1) is 12.9. The molecule has 0 aromatic heterocycles. The second kappa shape index (κ2) is 7.00. The van der Waals surface area contributed by atoms with Gasteiger partial charge >= 0.3 is 6.09 Å². The van der Waals surface area contributed by atoms with Crippen LogP contribution in [0.3, 0.4) is 0 Å². The quantitative estimate of drug-likeness (QED) is 0.721. The summed E-state index contributed by atoms with van der Waals surface area (Å²) in [6, 6.07) is 5.96. The van der Waals surface area contributed by atoms with Crippen LogP contribution in [0.1, 0.15) is 26.3 Å². The predicted molar refractivity (Wildman–Crippen MR) is 104 cm³/mol. The number of rotatable bonds is 3. The number of carbonyl (C=O) groups excluding carboxylic acids is 2. The molecule has 2 amide bonds. The third-order valence-corrected chi connectivity index (χ3v) is 7.07. The molecule has 2 fully saturated rings. The molecule has 0 saturated carbocycles. The lowest BCUT2D eigenvalue weighted by molar-refractivity contribution is -0.132. The molecule has 0 spiro atoms. The van der Waals surface area contributed by atoms with E-state index in [4.69, 9.17) is 4.74 Å². The minimum absolute atomic E-state index is 0.0391. The molecule has 0 aliphatic carbocycles. The number of hydrogen-bond acceptors (Lipinski definition) is 5.